The topological polar surface area (TPSA) is 35.2 Å². The van der Waals surface area contributed by atoms with Crippen molar-refractivity contribution >= 4 is 6.08 Å². The van der Waals surface area contributed by atoms with Crippen LogP contribution in [0.3, 0.4) is 0 Å². The Hall–Kier alpha value is -1.80. The molecule has 2 nitrogen and oxygen atoms in total. The number of benzene rings is 1. The first-order valence-corrected chi connectivity index (χ1v) is 8.32. The van der Waals surface area contributed by atoms with Crippen LogP contribution in [0.2, 0.25) is 0 Å². The summed E-state index contributed by atoms with van der Waals surface area (Å²) in [6.07, 6.45) is 11.7. The Balaban J connectivity index is 2.70. The third kappa shape index (κ3) is 3.42. The lowest BCUT2D eigenvalue weighted by atomic mass is 9.76. The zero-order valence-corrected chi connectivity index (χ0v) is 15.1. The van der Waals surface area contributed by atoms with E-state index in [2.05, 4.69) is 59.4 Å². The molecular formula is C21H29NO. The zero-order chi connectivity index (χ0) is 17.2. The van der Waals surface area contributed by atoms with E-state index in [-0.39, 0.29) is 5.41 Å². The second-order valence-electron chi connectivity index (χ2n) is 7.35. The molecule has 0 unspecified atom stereocenters. The predicted molar refractivity (Wildman–Crippen MR) is 99.7 cm³/mol. The summed E-state index contributed by atoms with van der Waals surface area (Å²) < 4.78 is 0. The van der Waals surface area contributed by atoms with Gasteiger partial charge in [0, 0.05) is 17.5 Å². The number of nitrogens with two attached hydrogens (primary N) is 1. The van der Waals surface area contributed by atoms with Crippen LogP contribution >= 0.6 is 0 Å². The fourth-order valence-corrected chi connectivity index (χ4v) is 3.79. The minimum atomic E-state index is 0.0601. The minimum Gasteiger partial charge on any atom is -0.411 e. The van der Waals surface area contributed by atoms with E-state index >= 15 is 0 Å². The van der Waals surface area contributed by atoms with Gasteiger partial charge in [-0.25, -0.2) is 0 Å². The molecule has 0 amide bonds. The van der Waals surface area contributed by atoms with Crippen molar-refractivity contribution in [2.24, 2.45) is 5.90 Å². The molecule has 2 N–H and O–H groups in total. The summed E-state index contributed by atoms with van der Waals surface area (Å²) in [6.45, 7) is 15.1. The molecule has 1 aliphatic carbocycles. The molecule has 1 aromatic rings. The van der Waals surface area contributed by atoms with Crippen molar-refractivity contribution in [2.45, 2.75) is 59.3 Å². The van der Waals surface area contributed by atoms with Gasteiger partial charge in [-0.05, 0) is 54.4 Å². The zero-order valence-electron chi connectivity index (χ0n) is 15.1. The molecule has 0 bridgehead atoms. The first-order valence-electron chi connectivity index (χ1n) is 8.32. The molecule has 0 saturated heterocycles. The van der Waals surface area contributed by atoms with Gasteiger partial charge in [-0.3, -0.25) is 0 Å². The molecule has 0 heterocycles. The molecular weight excluding hydrogens is 282 g/mol. The van der Waals surface area contributed by atoms with Crippen LogP contribution in [0, 0.1) is 13.8 Å². The molecule has 2 rings (SSSR count). The smallest absolute Gasteiger partial charge is 0.158 e. The van der Waals surface area contributed by atoms with Crippen molar-refractivity contribution in [2.75, 3.05) is 0 Å². The monoisotopic (exact) mass is 311 g/mol. The van der Waals surface area contributed by atoms with E-state index in [1.54, 1.807) is 0 Å². The van der Waals surface area contributed by atoms with Gasteiger partial charge < -0.3 is 4.84 Å². The first kappa shape index (κ1) is 17.6. The van der Waals surface area contributed by atoms with Gasteiger partial charge in [0.2, 0.25) is 0 Å². The highest BCUT2D eigenvalue weighted by Crippen LogP contribution is 2.40. The van der Waals surface area contributed by atoms with Crippen LogP contribution in [0.25, 0.3) is 6.08 Å². The van der Waals surface area contributed by atoms with Gasteiger partial charge in [-0.15, -0.1) is 0 Å². The molecule has 0 aromatic heterocycles. The largest absolute Gasteiger partial charge is 0.411 e. The predicted octanol–water partition coefficient (Wildman–Crippen LogP) is 5.32. The Morgan fingerprint density at radius 2 is 1.91 bits per heavy atom. The summed E-state index contributed by atoms with van der Waals surface area (Å²) in [5.41, 5.74) is 7.43. The highest BCUT2D eigenvalue weighted by molar-refractivity contribution is 5.68. The van der Waals surface area contributed by atoms with E-state index in [4.69, 9.17) is 10.7 Å². The Morgan fingerprint density at radius 3 is 2.39 bits per heavy atom. The number of allylic oxidation sites excluding steroid dienone is 4. The molecule has 0 radical (unpaired) electrons. The van der Waals surface area contributed by atoms with Gasteiger partial charge in [0.15, 0.2) is 5.75 Å². The van der Waals surface area contributed by atoms with E-state index < -0.39 is 0 Å². The van der Waals surface area contributed by atoms with Crippen LogP contribution < -0.4 is 10.7 Å². The van der Waals surface area contributed by atoms with Crippen molar-refractivity contribution in [3.8, 4) is 5.75 Å². The average Bonchev–Trinajstić information content (AvgIpc) is 2.49. The maximum Gasteiger partial charge on any atom is 0.158 e. The van der Waals surface area contributed by atoms with Crippen molar-refractivity contribution in [3.05, 3.63) is 58.2 Å². The lowest BCUT2D eigenvalue weighted by Gasteiger charge is -2.29. The molecule has 0 aliphatic heterocycles. The Bertz CT molecular complexity index is 672. The van der Waals surface area contributed by atoms with Gasteiger partial charge in [0.05, 0.1) is 0 Å². The Labute approximate surface area is 140 Å². The third-order valence-corrected chi connectivity index (χ3v) is 4.65. The summed E-state index contributed by atoms with van der Waals surface area (Å²) in [5.74, 6) is 6.41. The lowest BCUT2D eigenvalue weighted by molar-refractivity contribution is 0.329. The van der Waals surface area contributed by atoms with Crippen LogP contribution in [-0.4, -0.2) is 0 Å². The van der Waals surface area contributed by atoms with E-state index in [0.717, 1.165) is 30.6 Å². The number of rotatable bonds is 4. The van der Waals surface area contributed by atoms with Gasteiger partial charge in [-0.1, -0.05) is 51.7 Å². The van der Waals surface area contributed by atoms with Crippen LogP contribution in [0.5, 0.6) is 5.75 Å². The summed E-state index contributed by atoms with van der Waals surface area (Å²) >= 11 is 0. The highest BCUT2D eigenvalue weighted by Gasteiger charge is 2.26. The van der Waals surface area contributed by atoms with E-state index in [1.165, 1.54) is 27.8 Å². The minimum absolute atomic E-state index is 0.0601. The molecule has 1 aliphatic rings. The van der Waals surface area contributed by atoms with E-state index in [1.807, 2.05) is 6.08 Å². The maximum absolute atomic E-state index is 5.64. The van der Waals surface area contributed by atoms with Crippen molar-refractivity contribution in [3.63, 3.8) is 0 Å². The summed E-state index contributed by atoms with van der Waals surface area (Å²) in [6, 6.07) is 0. The number of hydrogen-bond acceptors (Lipinski definition) is 2. The summed E-state index contributed by atoms with van der Waals surface area (Å²) in [7, 11) is 0. The Kier molecular flexibility index (Phi) is 5.16. The van der Waals surface area contributed by atoms with Crippen molar-refractivity contribution in [1.82, 2.24) is 0 Å². The first-order chi connectivity index (χ1) is 10.8. The Morgan fingerprint density at radius 1 is 1.22 bits per heavy atom. The molecule has 0 atom stereocenters. The molecule has 2 heteroatoms. The number of hydrogen-bond donors (Lipinski definition) is 1. The SMILES string of the molecule is C=Cc1c(C)c(C(C)(C)C)c(C)c(CC2=CCCC=C2)c1ON. The average molecular weight is 311 g/mol. The van der Waals surface area contributed by atoms with Crippen LogP contribution in [0.4, 0.5) is 0 Å². The van der Waals surface area contributed by atoms with Gasteiger partial charge in [0.1, 0.15) is 0 Å². The van der Waals surface area contributed by atoms with E-state index in [9.17, 15) is 0 Å². The van der Waals surface area contributed by atoms with Crippen molar-refractivity contribution in [1.29, 1.82) is 0 Å². The van der Waals surface area contributed by atoms with E-state index in [0.29, 0.717) is 0 Å². The standard InChI is InChI=1S/C21H29NO/c1-7-17-14(2)19(21(4,5)6)15(3)18(20(17)23-22)13-16-11-9-8-10-12-16/h7,9,11-12H,1,8,10,13,22H2,2-6H3. The van der Waals surface area contributed by atoms with Gasteiger partial charge in [0.25, 0.3) is 0 Å². The van der Waals surface area contributed by atoms with Crippen molar-refractivity contribution < 1.29 is 4.84 Å². The molecule has 23 heavy (non-hydrogen) atoms. The van der Waals surface area contributed by atoms with Gasteiger partial charge >= 0.3 is 0 Å². The summed E-state index contributed by atoms with van der Waals surface area (Å²) in [4.78, 5) is 5.32. The summed E-state index contributed by atoms with van der Waals surface area (Å²) in [5, 5.41) is 0. The fourth-order valence-electron chi connectivity index (χ4n) is 3.79. The molecule has 0 fully saturated rings. The normalized spacial score (nSPS) is 14.6. The van der Waals surface area contributed by atoms with Crippen LogP contribution in [-0.2, 0) is 11.8 Å². The highest BCUT2D eigenvalue weighted by atomic mass is 16.6. The lowest BCUT2D eigenvalue weighted by Crippen LogP contribution is -2.19. The maximum atomic E-state index is 5.64. The molecule has 0 spiro atoms. The second-order valence-corrected chi connectivity index (χ2v) is 7.35. The molecule has 1 aromatic carbocycles. The third-order valence-electron chi connectivity index (χ3n) is 4.65. The molecule has 0 saturated carbocycles. The van der Waals surface area contributed by atoms with Crippen LogP contribution in [0.1, 0.15) is 61.4 Å². The molecule has 124 valence electrons. The van der Waals surface area contributed by atoms with Crippen LogP contribution in [0.15, 0.2) is 30.4 Å². The quantitative estimate of drug-likeness (QED) is 0.764. The second kappa shape index (κ2) is 6.76. The fraction of sp³-hybridized carbons (Fsp3) is 0.429. The van der Waals surface area contributed by atoms with Gasteiger partial charge in [-0.2, -0.15) is 5.90 Å².